The van der Waals surface area contributed by atoms with Crippen molar-refractivity contribution in [2.24, 2.45) is 0 Å². The van der Waals surface area contributed by atoms with Crippen LogP contribution in [0.4, 0.5) is 5.69 Å². The molecule has 0 aliphatic carbocycles. The molecule has 0 bridgehead atoms. The van der Waals surface area contributed by atoms with Crippen molar-refractivity contribution < 1.29 is 9.13 Å². The van der Waals surface area contributed by atoms with Crippen molar-refractivity contribution in [3.05, 3.63) is 34.4 Å². The van der Waals surface area contributed by atoms with E-state index in [-0.39, 0.29) is 5.69 Å². The van der Waals surface area contributed by atoms with Crippen LogP contribution in [0.3, 0.4) is 0 Å². The van der Waals surface area contributed by atoms with E-state index in [0.29, 0.717) is 10.6 Å². The third kappa shape index (κ3) is 2.38. The van der Waals surface area contributed by atoms with Crippen molar-refractivity contribution in [3.8, 4) is 0 Å². The minimum atomic E-state index is -1.26. The Morgan fingerprint density at radius 3 is 2.64 bits per heavy atom. The van der Waals surface area contributed by atoms with Gasteiger partial charge < -0.3 is 0 Å². The Bertz CT molecular complexity index is 365. The molecule has 5 heteroatoms. The molecule has 14 heavy (non-hydrogen) atoms. The highest BCUT2D eigenvalue weighted by Gasteiger charge is 2.16. The molecule has 0 aliphatic heterocycles. The average Bonchev–Trinajstić information content (AvgIpc) is 2.18. The molecule has 76 valence electrons. The van der Waals surface area contributed by atoms with Gasteiger partial charge in [0.2, 0.25) is 0 Å². The summed E-state index contributed by atoms with van der Waals surface area (Å²) < 4.78 is 11.6. The highest BCUT2D eigenvalue weighted by Crippen LogP contribution is 2.21. The summed E-state index contributed by atoms with van der Waals surface area (Å²) >= 11 is 0. The minimum absolute atomic E-state index is 0.0562. The molecule has 0 amide bonds. The summed E-state index contributed by atoms with van der Waals surface area (Å²) in [5, 5.41) is 10.6. The lowest BCUT2D eigenvalue weighted by atomic mass is 10.3. The third-order valence-electron chi connectivity index (χ3n) is 1.70. The smallest absolute Gasteiger partial charge is 0.258 e. The highest BCUT2D eigenvalue weighted by atomic mass is 32.2. The molecule has 0 radical (unpaired) electrons. The van der Waals surface area contributed by atoms with Crippen molar-refractivity contribution in [2.75, 3.05) is 5.75 Å². The SMILES string of the molecule is CCC[S@@](=O)c1ccccc1[N+](=O)[O-]. The van der Waals surface area contributed by atoms with Crippen LogP contribution >= 0.6 is 0 Å². The fourth-order valence-electron chi connectivity index (χ4n) is 1.10. The van der Waals surface area contributed by atoms with E-state index in [0.717, 1.165) is 6.42 Å². The van der Waals surface area contributed by atoms with Crippen LogP contribution in [-0.4, -0.2) is 14.9 Å². The van der Waals surface area contributed by atoms with Gasteiger partial charge in [-0.3, -0.25) is 14.3 Å². The second-order valence-electron chi connectivity index (χ2n) is 2.77. The van der Waals surface area contributed by atoms with Gasteiger partial charge in [0, 0.05) is 11.8 Å². The van der Waals surface area contributed by atoms with Gasteiger partial charge in [-0.25, -0.2) is 0 Å². The summed E-state index contributed by atoms with van der Waals surface area (Å²) in [7, 11) is -1.26. The number of para-hydroxylation sites is 1. The van der Waals surface area contributed by atoms with E-state index < -0.39 is 15.7 Å². The van der Waals surface area contributed by atoms with Crippen molar-refractivity contribution >= 4 is 16.5 Å². The molecular formula is C9H11NO3S. The molecule has 1 aromatic carbocycles. The lowest BCUT2D eigenvalue weighted by Crippen LogP contribution is -2.01. The van der Waals surface area contributed by atoms with Crippen LogP contribution in [0.2, 0.25) is 0 Å². The molecule has 0 saturated heterocycles. The molecule has 0 aliphatic rings. The van der Waals surface area contributed by atoms with Crippen LogP contribution in [0.1, 0.15) is 13.3 Å². The van der Waals surface area contributed by atoms with Crippen LogP contribution in [0.5, 0.6) is 0 Å². The zero-order chi connectivity index (χ0) is 10.6. The van der Waals surface area contributed by atoms with E-state index in [1.807, 2.05) is 6.92 Å². The van der Waals surface area contributed by atoms with Crippen molar-refractivity contribution in [2.45, 2.75) is 18.2 Å². The Balaban J connectivity index is 3.07. The summed E-state index contributed by atoms with van der Waals surface area (Å²) in [5.41, 5.74) is -0.0562. The second kappa shape index (κ2) is 4.85. The van der Waals surface area contributed by atoms with Crippen LogP contribution in [0.25, 0.3) is 0 Å². The maximum atomic E-state index is 11.6. The summed E-state index contributed by atoms with van der Waals surface area (Å²) in [5.74, 6) is 0.463. The van der Waals surface area contributed by atoms with Gasteiger partial charge in [0.05, 0.1) is 15.7 Å². The topological polar surface area (TPSA) is 60.2 Å². The molecule has 1 rings (SSSR count). The second-order valence-corrected chi connectivity index (χ2v) is 4.31. The predicted molar refractivity (Wildman–Crippen MR) is 54.7 cm³/mol. The van der Waals surface area contributed by atoms with Gasteiger partial charge in [0.15, 0.2) is 0 Å². The lowest BCUT2D eigenvalue weighted by molar-refractivity contribution is -0.387. The van der Waals surface area contributed by atoms with Gasteiger partial charge in [-0.05, 0) is 12.5 Å². The van der Waals surface area contributed by atoms with E-state index in [9.17, 15) is 14.3 Å². The van der Waals surface area contributed by atoms with E-state index >= 15 is 0 Å². The Labute approximate surface area is 84.6 Å². The van der Waals surface area contributed by atoms with Crippen LogP contribution < -0.4 is 0 Å². The summed E-state index contributed by atoms with van der Waals surface area (Å²) in [6.07, 6.45) is 0.749. The standard InChI is InChI=1S/C9H11NO3S/c1-2-7-14(13)9-6-4-3-5-8(9)10(11)12/h3-6H,2,7H2,1H3/t14-/m1/s1. The first-order valence-electron chi connectivity index (χ1n) is 4.28. The maximum absolute atomic E-state index is 11.6. The number of hydrogen-bond donors (Lipinski definition) is 0. The first kappa shape index (κ1) is 10.8. The minimum Gasteiger partial charge on any atom is -0.258 e. The zero-order valence-corrected chi connectivity index (χ0v) is 8.62. The lowest BCUT2D eigenvalue weighted by Gasteiger charge is -2.00. The number of nitrogens with zero attached hydrogens (tertiary/aromatic N) is 1. The van der Waals surface area contributed by atoms with Crippen molar-refractivity contribution in [3.63, 3.8) is 0 Å². The van der Waals surface area contributed by atoms with E-state index in [1.54, 1.807) is 18.2 Å². The van der Waals surface area contributed by atoms with Gasteiger partial charge in [0.1, 0.15) is 4.90 Å². The number of hydrogen-bond acceptors (Lipinski definition) is 3. The Kier molecular flexibility index (Phi) is 3.76. The van der Waals surface area contributed by atoms with Gasteiger partial charge in [-0.1, -0.05) is 19.1 Å². The number of benzene rings is 1. The monoisotopic (exact) mass is 213 g/mol. The summed E-state index contributed by atoms with van der Waals surface area (Å²) in [6, 6.07) is 6.16. The number of nitro benzene ring substituents is 1. The molecule has 0 N–H and O–H groups in total. The maximum Gasteiger partial charge on any atom is 0.285 e. The highest BCUT2D eigenvalue weighted by molar-refractivity contribution is 7.85. The fourth-order valence-corrected chi connectivity index (χ4v) is 2.29. The quantitative estimate of drug-likeness (QED) is 0.568. The number of rotatable bonds is 4. The van der Waals surface area contributed by atoms with Gasteiger partial charge in [-0.15, -0.1) is 0 Å². The van der Waals surface area contributed by atoms with E-state index in [4.69, 9.17) is 0 Å². The fraction of sp³-hybridized carbons (Fsp3) is 0.333. The van der Waals surface area contributed by atoms with E-state index in [1.165, 1.54) is 6.07 Å². The zero-order valence-electron chi connectivity index (χ0n) is 7.80. The van der Waals surface area contributed by atoms with Crippen LogP contribution in [0, 0.1) is 10.1 Å². The largest absolute Gasteiger partial charge is 0.285 e. The molecule has 0 heterocycles. The van der Waals surface area contributed by atoms with Gasteiger partial charge in [0.25, 0.3) is 5.69 Å². The molecule has 0 spiro atoms. The van der Waals surface area contributed by atoms with Crippen LogP contribution in [-0.2, 0) is 10.8 Å². The summed E-state index contributed by atoms with van der Waals surface area (Å²) in [6.45, 7) is 1.90. The molecule has 1 atom stereocenters. The third-order valence-corrected chi connectivity index (χ3v) is 3.31. The number of nitro groups is 1. The first-order chi connectivity index (χ1) is 6.66. The van der Waals surface area contributed by atoms with E-state index in [2.05, 4.69) is 0 Å². The molecular weight excluding hydrogens is 202 g/mol. The molecule has 0 fully saturated rings. The Morgan fingerprint density at radius 1 is 1.43 bits per heavy atom. The Morgan fingerprint density at radius 2 is 2.07 bits per heavy atom. The van der Waals surface area contributed by atoms with Crippen molar-refractivity contribution in [1.29, 1.82) is 0 Å². The predicted octanol–water partition coefficient (Wildman–Crippen LogP) is 2.11. The van der Waals surface area contributed by atoms with Gasteiger partial charge in [-0.2, -0.15) is 0 Å². The molecule has 0 saturated carbocycles. The first-order valence-corrected chi connectivity index (χ1v) is 5.60. The summed E-state index contributed by atoms with van der Waals surface area (Å²) in [4.78, 5) is 10.4. The van der Waals surface area contributed by atoms with Gasteiger partial charge >= 0.3 is 0 Å². The molecule has 0 aromatic heterocycles. The molecule has 1 aromatic rings. The Hall–Kier alpha value is -1.23. The molecule has 4 nitrogen and oxygen atoms in total. The van der Waals surface area contributed by atoms with Crippen molar-refractivity contribution in [1.82, 2.24) is 0 Å². The molecule has 0 unspecified atom stereocenters. The average molecular weight is 213 g/mol. The normalized spacial score (nSPS) is 12.4. The van der Waals surface area contributed by atoms with Crippen LogP contribution in [0.15, 0.2) is 29.2 Å².